The van der Waals surface area contributed by atoms with Crippen LogP contribution < -0.4 is 21.7 Å². The van der Waals surface area contributed by atoms with E-state index in [9.17, 15) is 9.59 Å². The summed E-state index contributed by atoms with van der Waals surface area (Å²) in [6.07, 6.45) is 3.07. The van der Waals surface area contributed by atoms with Crippen LogP contribution in [0.15, 0.2) is 66.7 Å². The van der Waals surface area contributed by atoms with Crippen LogP contribution in [0.25, 0.3) is 0 Å². The predicted molar refractivity (Wildman–Crippen MR) is 146 cm³/mol. The minimum Gasteiger partial charge on any atom is -0.384 e. The first-order chi connectivity index (χ1) is 17.9. The number of carbonyl (C=O) groups excluding carboxylic acids is 2. The van der Waals surface area contributed by atoms with E-state index in [1.807, 2.05) is 47.4 Å². The van der Waals surface area contributed by atoms with Crippen molar-refractivity contribution in [1.82, 2.24) is 4.90 Å². The molecule has 3 aromatic carbocycles. The highest BCUT2D eigenvalue weighted by atomic mass is 16.2. The Labute approximate surface area is 216 Å². The van der Waals surface area contributed by atoms with Crippen LogP contribution in [0.5, 0.6) is 0 Å². The van der Waals surface area contributed by atoms with Crippen molar-refractivity contribution >= 4 is 29.0 Å². The molecule has 1 unspecified atom stereocenters. The first-order valence-corrected chi connectivity index (χ1v) is 12.6. The van der Waals surface area contributed by atoms with Crippen LogP contribution in [0, 0.1) is 5.41 Å². The van der Waals surface area contributed by atoms with Gasteiger partial charge in [-0.3, -0.25) is 19.9 Å². The molecular formula is C29H32N6O2. The van der Waals surface area contributed by atoms with Crippen molar-refractivity contribution in [2.45, 2.75) is 38.4 Å². The Kier molecular flexibility index (Phi) is 6.92. The van der Waals surface area contributed by atoms with Crippen LogP contribution in [0.4, 0.5) is 11.4 Å². The quantitative estimate of drug-likeness (QED) is 0.281. The Morgan fingerprint density at radius 1 is 0.865 bits per heavy atom. The van der Waals surface area contributed by atoms with E-state index in [1.165, 1.54) is 18.4 Å². The number of nitrogens with one attached hydrogen (secondary N) is 2. The minimum absolute atomic E-state index is 0.0181. The zero-order chi connectivity index (χ0) is 25.9. The lowest BCUT2D eigenvalue weighted by molar-refractivity contribution is -0.117. The Hall–Kier alpha value is -4.17. The van der Waals surface area contributed by atoms with Gasteiger partial charge in [0.25, 0.3) is 0 Å². The predicted octanol–water partition coefficient (Wildman–Crippen LogP) is 3.24. The molecule has 0 radical (unpaired) electrons. The van der Waals surface area contributed by atoms with Crippen LogP contribution in [-0.4, -0.2) is 41.7 Å². The molecule has 1 fully saturated rings. The Morgan fingerprint density at radius 2 is 1.49 bits per heavy atom. The van der Waals surface area contributed by atoms with E-state index >= 15 is 0 Å². The van der Waals surface area contributed by atoms with E-state index in [1.54, 1.807) is 12.1 Å². The van der Waals surface area contributed by atoms with Crippen molar-refractivity contribution < 1.29 is 9.59 Å². The fourth-order valence-corrected chi connectivity index (χ4v) is 5.18. The highest BCUT2D eigenvalue weighted by Gasteiger charge is 2.35. The Morgan fingerprint density at radius 3 is 2.14 bits per heavy atom. The summed E-state index contributed by atoms with van der Waals surface area (Å²) >= 11 is 0. The lowest BCUT2D eigenvalue weighted by atomic mass is 10.1. The van der Waals surface area contributed by atoms with Crippen molar-refractivity contribution in [2.24, 2.45) is 11.5 Å². The second-order valence-electron chi connectivity index (χ2n) is 9.84. The molecule has 6 N–H and O–H groups in total. The third-order valence-electron chi connectivity index (χ3n) is 7.22. The van der Waals surface area contributed by atoms with Gasteiger partial charge >= 0.3 is 0 Å². The number of fused-ring (bicyclic) bond motifs is 1. The summed E-state index contributed by atoms with van der Waals surface area (Å²) in [6.45, 7) is 3.69. The fourth-order valence-electron chi connectivity index (χ4n) is 5.18. The molecule has 2 aliphatic rings. The standard InChI is InChI=1S/C29H32N6O2/c30-27(31)23-10-9-22-15-26(35(25(22)16-23)18-20-3-7-21(8-4-20)28(32)36)29(37)33-24-11-5-19(6-12-24)17-34-13-1-2-14-34/h3-12,16,26H,1-2,13-15,17-18H2,(H3,30,31)(H2,32,36)(H,33,37). The Bertz CT molecular complexity index is 1310. The van der Waals surface area contributed by atoms with Crippen LogP contribution in [0.3, 0.4) is 0 Å². The molecule has 2 aliphatic heterocycles. The number of carbonyl (C=O) groups is 2. The number of anilines is 2. The maximum absolute atomic E-state index is 13.5. The van der Waals surface area contributed by atoms with Gasteiger partial charge in [-0.2, -0.15) is 0 Å². The molecule has 0 aromatic heterocycles. The molecule has 5 rings (SSSR count). The minimum atomic E-state index is -0.479. The number of benzene rings is 3. The fraction of sp³-hybridized carbons (Fsp3) is 0.276. The van der Waals surface area contributed by atoms with E-state index in [2.05, 4.69) is 22.3 Å². The van der Waals surface area contributed by atoms with Gasteiger partial charge in [-0.05, 0) is 73.0 Å². The van der Waals surface area contributed by atoms with Crippen molar-refractivity contribution in [3.63, 3.8) is 0 Å². The van der Waals surface area contributed by atoms with Crippen molar-refractivity contribution in [3.05, 3.63) is 94.5 Å². The second-order valence-corrected chi connectivity index (χ2v) is 9.84. The lowest BCUT2D eigenvalue weighted by Crippen LogP contribution is -2.41. The van der Waals surface area contributed by atoms with Gasteiger partial charge in [-0.1, -0.05) is 36.4 Å². The van der Waals surface area contributed by atoms with Gasteiger partial charge in [0, 0.05) is 42.0 Å². The lowest BCUT2D eigenvalue weighted by Gasteiger charge is -2.27. The molecule has 0 spiro atoms. The van der Waals surface area contributed by atoms with Crippen LogP contribution in [-0.2, 0) is 24.3 Å². The Balaban J connectivity index is 1.35. The summed E-state index contributed by atoms with van der Waals surface area (Å²) in [5.41, 5.74) is 17.0. The number of rotatable bonds is 8. The molecule has 37 heavy (non-hydrogen) atoms. The highest BCUT2D eigenvalue weighted by molar-refractivity contribution is 6.00. The summed E-state index contributed by atoms with van der Waals surface area (Å²) in [5.74, 6) is -0.593. The third-order valence-corrected chi connectivity index (χ3v) is 7.22. The largest absolute Gasteiger partial charge is 0.384 e. The smallest absolute Gasteiger partial charge is 0.248 e. The second kappa shape index (κ2) is 10.4. The van der Waals surface area contributed by atoms with Gasteiger partial charge in [0.1, 0.15) is 11.9 Å². The van der Waals surface area contributed by atoms with E-state index in [-0.39, 0.29) is 11.7 Å². The summed E-state index contributed by atoms with van der Waals surface area (Å²) in [5, 5.41) is 10.9. The van der Waals surface area contributed by atoms with Crippen LogP contribution in [0.1, 0.15) is 45.5 Å². The normalized spacial score (nSPS) is 17.0. The molecule has 1 saturated heterocycles. The molecule has 1 atom stereocenters. The zero-order valence-electron chi connectivity index (χ0n) is 20.7. The maximum atomic E-state index is 13.5. The number of nitrogens with zero attached hydrogens (tertiary/aromatic N) is 2. The number of hydrogen-bond acceptors (Lipinski definition) is 5. The van der Waals surface area contributed by atoms with Crippen molar-refractivity contribution in [2.75, 3.05) is 23.3 Å². The molecule has 0 saturated carbocycles. The first kappa shape index (κ1) is 24.5. The molecule has 2 amide bonds. The van der Waals surface area contributed by atoms with Gasteiger partial charge in [-0.25, -0.2) is 0 Å². The topological polar surface area (TPSA) is 129 Å². The molecule has 0 aliphatic carbocycles. The number of nitrogens with two attached hydrogens (primary N) is 2. The van der Waals surface area contributed by atoms with Crippen LogP contribution >= 0.6 is 0 Å². The van der Waals surface area contributed by atoms with E-state index in [0.717, 1.165) is 42.1 Å². The molecule has 2 heterocycles. The number of amides is 2. The number of likely N-dealkylation sites (tertiary alicyclic amines) is 1. The van der Waals surface area contributed by atoms with Crippen molar-refractivity contribution in [1.29, 1.82) is 5.41 Å². The molecular weight excluding hydrogens is 464 g/mol. The van der Waals surface area contributed by atoms with Crippen LogP contribution in [0.2, 0.25) is 0 Å². The summed E-state index contributed by atoms with van der Waals surface area (Å²) in [7, 11) is 0. The number of nitrogen functional groups attached to an aromatic ring is 1. The third kappa shape index (κ3) is 5.49. The van der Waals surface area contributed by atoms with Gasteiger partial charge in [0.15, 0.2) is 0 Å². The maximum Gasteiger partial charge on any atom is 0.248 e. The summed E-state index contributed by atoms with van der Waals surface area (Å²) in [4.78, 5) is 29.5. The monoisotopic (exact) mass is 496 g/mol. The number of hydrogen-bond donors (Lipinski definition) is 4. The molecule has 8 nitrogen and oxygen atoms in total. The highest BCUT2D eigenvalue weighted by Crippen LogP contribution is 2.35. The number of primary amides is 1. The zero-order valence-corrected chi connectivity index (χ0v) is 20.7. The average Bonchev–Trinajstić information content (AvgIpc) is 3.53. The average molecular weight is 497 g/mol. The van der Waals surface area contributed by atoms with Gasteiger partial charge in [-0.15, -0.1) is 0 Å². The first-order valence-electron chi connectivity index (χ1n) is 12.6. The molecule has 0 bridgehead atoms. The van der Waals surface area contributed by atoms with Gasteiger partial charge in [0.2, 0.25) is 11.8 Å². The van der Waals surface area contributed by atoms with Gasteiger partial charge < -0.3 is 21.7 Å². The molecule has 8 heteroatoms. The number of amidine groups is 1. The van der Waals surface area contributed by atoms with E-state index in [0.29, 0.717) is 24.1 Å². The summed E-state index contributed by atoms with van der Waals surface area (Å²) < 4.78 is 0. The SMILES string of the molecule is N=C(N)c1ccc2c(c1)N(Cc1ccc(C(N)=O)cc1)C(C(=O)Nc1ccc(CN3CCCC3)cc1)C2. The van der Waals surface area contributed by atoms with E-state index in [4.69, 9.17) is 16.9 Å². The molecule has 190 valence electrons. The molecule has 3 aromatic rings. The summed E-state index contributed by atoms with van der Waals surface area (Å²) in [6, 6.07) is 20.4. The van der Waals surface area contributed by atoms with Crippen molar-refractivity contribution in [3.8, 4) is 0 Å². The van der Waals surface area contributed by atoms with Gasteiger partial charge in [0.05, 0.1) is 0 Å². The van der Waals surface area contributed by atoms with E-state index < -0.39 is 11.9 Å².